The molecule has 0 spiro atoms. The summed E-state index contributed by atoms with van der Waals surface area (Å²) in [6, 6.07) is 0. The van der Waals surface area contributed by atoms with E-state index in [0.717, 1.165) is 63.7 Å². The highest BCUT2D eigenvalue weighted by molar-refractivity contribution is 5.71. The van der Waals surface area contributed by atoms with Crippen molar-refractivity contribution in [3.05, 3.63) is 0 Å². The Hall–Kier alpha value is -1.59. The number of rotatable bonds is 51. The molecule has 1 atom stereocenters. The Labute approximate surface area is 387 Å². The summed E-state index contributed by atoms with van der Waals surface area (Å²) < 4.78 is 16.9. The van der Waals surface area contributed by atoms with E-state index in [1.165, 1.54) is 212 Å². The van der Waals surface area contributed by atoms with Crippen LogP contribution < -0.4 is 0 Å². The van der Waals surface area contributed by atoms with Crippen LogP contribution in [0.15, 0.2) is 0 Å². The number of unbranched alkanes of at least 4 members (excludes halogenated alkanes) is 38. The maximum atomic E-state index is 12.8. The maximum absolute atomic E-state index is 12.8. The molecule has 0 radical (unpaired) electrons. The molecule has 0 unspecified atom stereocenters. The molecule has 62 heavy (non-hydrogen) atoms. The first-order valence-electron chi connectivity index (χ1n) is 27.9. The Balaban J connectivity index is 4.28. The smallest absolute Gasteiger partial charge is 0.306 e. The molecular formula is C56H108O6. The molecule has 0 saturated heterocycles. The van der Waals surface area contributed by atoms with Gasteiger partial charge in [0.05, 0.1) is 0 Å². The van der Waals surface area contributed by atoms with Crippen LogP contribution in [0.2, 0.25) is 0 Å². The zero-order valence-electron chi connectivity index (χ0n) is 42.3. The van der Waals surface area contributed by atoms with E-state index < -0.39 is 6.10 Å². The summed E-state index contributed by atoms with van der Waals surface area (Å²) in [5.41, 5.74) is 0. The van der Waals surface area contributed by atoms with E-state index in [9.17, 15) is 14.4 Å². The van der Waals surface area contributed by atoms with Crippen LogP contribution in [0, 0.1) is 5.92 Å². The number of hydrogen-bond donors (Lipinski definition) is 0. The van der Waals surface area contributed by atoms with Gasteiger partial charge in [-0.15, -0.1) is 0 Å². The topological polar surface area (TPSA) is 78.9 Å². The molecule has 0 amide bonds. The highest BCUT2D eigenvalue weighted by Crippen LogP contribution is 2.18. The van der Waals surface area contributed by atoms with Gasteiger partial charge in [-0.3, -0.25) is 14.4 Å². The minimum Gasteiger partial charge on any atom is -0.462 e. The van der Waals surface area contributed by atoms with Crippen LogP contribution in [-0.2, 0) is 28.6 Å². The summed E-state index contributed by atoms with van der Waals surface area (Å²) in [5, 5.41) is 0. The standard InChI is InChI=1S/C56H108O6/c1-5-7-9-11-13-15-17-19-24-28-32-36-40-44-48-55(58)61-51-53(50-60-54(57)47-43-39-35-31-27-18-16-14-12-10-8-6-2)62-56(59)49-45-41-37-33-29-25-22-20-21-23-26-30-34-38-42-46-52(3)4/h52-53H,5-51H2,1-4H3/t53-/m1/s1. The number of carbonyl (C=O) groups is 3. The third-order valence-corrected chi connectivity index (χ3v) is 12.8. The summed E-state index contributed by atoms with van der Waals surface area (Å²) >= 11 is 0. The zero-order chi connectivity index (χ0) is 45.2. The summed E-state index contributed by atoms with van der Waals surface area (Å²) in [6.07, 6.45) is 53.7. The second-order valence-corrected chi connectivity index (χ2v) is 19.7. The van der Waals surface area contributed by atoms with Crippen molar-refractivity contribution in [2.45, 2.75) is 323 Å². The summed E-state index contributed by atoms with van der Waals surface area (Å²) in [4.78, 5) is 38.0. The molecule has 0 aromatic carbocycles. The lowest BCUT2D eigenvalue weighted by Crippen LogP contribution is -2.30. The second-order valence-electron chi connectivity index (χ2n) is 19.7. The van der Waals surface area contributed by atoms with Crippen molar-refractivity contribution in [2.24, 2.45) is 5.92 Å². The molecule has 0 rings (SSSR count). The van der Waals surface area contributed by atoms with E-state index >= 15 is 0 Å². The Morgan fingerprint density at radius 2 is 0.532 bits per heavy atom. The summed E-state index contributed by atoms with van der Waals surface area (Å²) in [6.45, 7) is 9.06. The van der Waals surface area contributed by atoms with Gasteiger partial charge in [0.15, 0.2) is 6.10 Å². The van der Waals surface area contributed by atoms with Gasteiger partial charge in [0.2, 0.25) is 0 Å². The Morgan fingerprint density at radius 3 is 0.790 bits per heavy atom. The van der Waals surface area contributed by atoms with E-state index in [4.69, 9.17) is 14.2 Å². The Bertz CT molecular complexity index is 933. The number of ether oxygens (including phenoxy) is 3. The van der Waals surface area contributed by atoms with Crippen LogP contribution in [0.4, 0.5) is 0 Å². The van der Waals surface area contributed by atoms with E-state index in [-0.39, 0.29) is 31.1 Å². The molecular weight excluding hydrogens is 769 g/mol. The van der Waals surface area contributed by atoms with E-state index in [0.29, 0.717) is 19.3 Å². The first-order chi connectivity index (χ1) is 30.4. The normalized spacial score (nSPS) is 12.0. The van der Waals surface area contributed by atoms with Crippen molar-refractivity contribution in [2.75, 3.05) is 13.2 Å². The van der Waals surface area contributed by atoms with Gasteiger partial charge in [0.25, 0.3) is 0 Å². The molecule has 6 nitrogen and oxygen atoms in total. The molecule has 0 aromatic rings. The predicted molar refractivity (Wildman–Crippen MR) is 266 cm³/mol. The molecule has 0 fully saturated rings. The third kappa shape index (κ3) is 49.4. The molecule has 0 bridgehead atoms. The fourth-order valence-electron chi connectivity index (χ4n) is 8.57. The maximum Gasteiger partial charge on any atom is 0.306 e. The van der Waals surface area contributed by atoms with Crippen LogP contribution in [0.25, 0.3) is 0 Å². The fourth-order valence-corrected chi connectivity index (χ4v) is 8.57. The fraction of sp³-hybridized carbons (Fsp3) is 0.946. The lowest BCUT2D eigenvalue weighted by atomic mass is 10.0. The molecule has 0 aliphatic heterocycles. The Morgan fingerprint density at radius 1 is 0.306 bits per heavy atom. The molecule has 0 saturated carbocycles. The van der Waals surface area contributed by atoms with Crippen molar-refractivity contribution >= 4 is 17.9 Å². The van der Waals surface area contributed by atoms with E-state index in [2.05, 4.69) is 27.7 Å². The molecule has 0 aliphatic carbocycles. The van der Waals surface area contributed by atoms with Gasteiger partial charge in [0, 0.05) is 19.3 Å². The first-order valence-corrected chi connectivity index (χ1v) is 27.9. The largest absolute Gasteiger partial charge is 0.462 e. The Kier molecular flexibility index (Phi) is 49.1. The van der Waals surface area contributed by atoms with Crippen LogP contribution in [-0.4, -0.2) is 37.2 Å². The molecule has 6 heteroatoms. The van der Waals surface area contributed by atoms with Crippen LogP contribution in [0.3, 0.4) is 0 Å². The SMILES string of the molecule is CCCCCCCCCCCCCCCCC(=O)OC[C@@H](COC(=O)CCCCCCCCCCCCCC)OC(=O)CCCCCCCCCCCCCCCCCC(C)C. The third-order valence-electron chi connectivity index (χ3n) is 12.8. The van der Waals surface area contributed by atoms with E-state index in [1.54, 1.807) is 0 Å². The number of carbonyl (C=O) groups excluding carboxylic acids is 3. The van der Waals surface area contributed by atoms with Crippen LogP contribution >= 0.6 is 0 Å². The van der Waals surface area contributed by atoms with Crippen LogP contribution in [0.5, 0.6) is 0 Å². The lowest BCUT2D eigenvalue weighted by Gasteiger charge is -2.18. The van der Waals surface area contributed by atoms with Gasteiger partial charge in [-0.25, -0.2) is 0 Å². The number of esters is 3. The van der Waals surface area contributed by atoms with Gasteiger partial charge in [-0.1, -0.05) is 278 Å². The number of hydrogen-bond acceptors (Lipinski definition) is 6. The lowest BCUT2D eigenvalue weighted by molar-refractivity contribution is -0.167. The average molecular weight is 877 g/mol. The quantitative estimate of drug-likeness (QED) is 0.0344. The highest BCUT2D eigenvalue weighted by Gasteiger charge is 2.19. The minimum absolute atomic E-state index is 0.0620. The molecule has 0 aliphatic rings. The van der Waals surface area contributed by atoms with Gasteiger partial charge < -0.3 is 14.2 Å². The molecule has 0 N–H and O–H groups in total. The second kappa shape index (κ2) is 50.4. The monoisotopic (exact) mass is 877 g/mol. The first kappa shape index (κ1) is 60.4. The van der Waals surface area contributed by atoms with Crippen molar-refractivity contribution in [3.8, 4) is 0 Å². The summed E-state index contributed by atoms with van der Waals surface area (Å²) in [7, 11) is 0. The van der Waals surface area contributed by atoms with Crippen molar-refractivity contribution in [1.82, 2.24) is 0 Å². The summed E-state index contributed by atoms with van der Waals surface area (Å²) in [5.74, 6) is 0.0100. The van der Waals surface area contributed by atoms with Gasteiger partial charge in [0.1, 0.15) is 13.2 Å². The van der Waals surface area contributed by atoms with E-state index in [1.807, 2.05) is 0 Å². The minimum atomic E-state index is -0.761. The van der Waals surface area contributed by atoms with Gasteiger partial charge in [-0.2, -0.15) is 0 Å². The van der Waals surface area contributed by atoms with Gasteiger partial charge >= 0.3 is 17.9 Å². The molecule has 0 aromatic heterocycles. The van der Waals surface area contributed by atoms with Crippen LogP contribution in [0.1, 0.15) is 317 Å². The zero-order valence-corrected chi connectivity index (χ0v) is 42.3. The van der Waals surface area contributed by atoms with Crippen molar-refractivity contribution in [3.63, 3.8) is 0 Å². The van der Waals surface area contributed by atoms with Crippen molar-refractivity contribution < 1.29 is 28.6 Å². The van der Waals surface area contributed by atoms with Gasteiger partial charge in [-0.05, 0) is 25.2 Å². The average Bonchev–Trinajstić information content (AvgIpc) is 3.26. The van der Waals surface area contributed by atoms with Crippen molar-refractivity contribution in [1.29, 1.82) is 0 Å². The molecule has 0 heterocycles. The predicted octanol–water partition coefficient (Wildman–Crippen LogP) is 18.2. The molecule has 368 valence electrons. The highest BCUT2D eigenvalue weighted by atomic mass is 16.6.